The zero-order valence-corrected chi connectivity index (χ0v) is 12.1. The normalized spacial score (nSPS) is 20.1. The number of fused-ring (bicyclic) bond motifs is 1. The standard InChI is InChI=1S/C14H17ClN4O/c1-9-4-6-19(7-5-16-9)14-17-12-3-2-10(15)8-11(12)13(20)18-14/h2-3,8-9,16H,4-7H2,1H3,(H,17,18,20). The van der Waals surface area contributed by atoms with E-state index >= 15 is 0 Å². The van der Waals surface area contributed by atoms with E-state index in [4.69, 9.17) is 11.6 Å². The molecule has 20 heavy (non-hydrogen) atoms. The molecule has 6 heteroatoms. The molecule has 106 valence electrons. The molecule has 0 bridgehead atoms. The monoisotopic (exact) mass is 292 g/mol. The number of hydrogen-bond acceptors (Lipinski definition) is 4. The molecule has 1 fully saturated rings. The van der Waals surface area contributed by atoms with Crippen LogP contribution >= 0.6 is 11.6 Å². The predicted molar refractivity (Wildman–Crippen MR) is 81.7 cm³/mol. The molecule has 1 aliphatic rings. The van der Waals surface area contributed by atoms with E-state index in [1.165, 1.54) is 0 Å². The average molecular weight is 293 g/mol. The summed E-state index contributed by atoms with van der Waals surface area (Å²) in [5.74, 6) is 0.640. The van der Waals surface area contributed by atoms with Gasteiger partial charge in [0.2, 0.25) is 5.95 Å². The molecule has 0 spiro atoms. The number of aromatic nitrogens is 2. The Morgan fingerprint density at radius 1 is 1.40 bits per heavy atom. The number of H-pyrrole nitrogens is 1. The van der Waals surface area contributed by atoms with Gasteiger partial charge in [0.15, 0.2) is 0 Å². The molecule has 1 aromatic carbocycles. The lowest BCUT2D eigenvalue weighted by Crippen LogP contribution is -2.31. The lowest BCUT2D eigenvalue weighted by Gasteiger charge is -2.20. The summed E-state index contributed by atoms with van der Waals surface area (Å²) in [6.45, 7) is 4.79. The van der Waals surface area contributed by atoms with Gasteiger partial charge in [-0.2, -0.15) is 0 Å². The molecule has 5 nitrogen and oxygen atoms in total. The van der Waals surface area contributed by atoms with Crippen molar-refractivity contribution in [1.29, 1.82) is 0 Å². The number of nitrogens with one attached hydrogen (secondary N) is 2. The molecule has 0 amide bonds. The van der Waals surface area contributed by atoms with E-state index in [2.05, 4.69) is 27.1 Å². The second-order valence-electron chi connectivity index (χ2n) is 5.18. The summed E-state index contributed by atoms with van der Waals surface area (Å²) in [6, 6.07) is 5.69. The zero-order valence-electron chi connectivity index (χ0n) is 11.3. The van der Waals surface area contributed by atoms with Gasteiger partial charge in [-0.25, -0.2) is 4.98 Å². The van der Waals surface area contributed by atoms with Gasteiger partial charge < -0.3 is 10.2 Å². The molecule has 0 saturated carbocycles. The third-order valence-electron chi connectivity index (χ3n) is 3.66. The first-order chi connectivity index (χ1) is 9.63. The Bertz CT molecular complexity index is 684. The van der Waals surface area contributed by atoms with Crippen LogP contribution in [0.2, 0.25) is 5.02 Å². The summed E-state index contributed by atoms with van der Waals surface area (Å²) in [6.07, 6.45) is 1.03. The molecule has 1 unspecified atom stereocenters. The van der Waals surface area contributed by atoms with Crippen molar-refractivity contribution < 1.29 is 0 Å². The summed E-state index contributed by atoms with van der Waals surface area (Å²) >= 11 is 5.92. The van der Waals surface area contributed by atoms with Crippen molar-refractivity contribution in [2.45, 2.75) is 19.4 Å². The van der Waals surface area contributed by atoms with Gasteiger partial charge in [0.05, 0.1) is 10.9 Å². The van der Waals surface area contributed by atoms with E-state index in [0.29, 0.717) is 27.9 Å². The summed E-state index contributed by atoms with van der Waals surface area (Å²) in [4.78, 5) is 21.7. The number of nitrogens with zero attached hydrogens (tertiary/aromatic N) is 2. The predicted octanol–water partition coefficient (Wildman–Crippen LogP) is 1.76. The van der Waals surface area contributed by atoms with E-state index in [0.717, 1.165) is 26.1 Å². The number of anilines is 1. The first kappa shape index (κ1) is 13.4. The lowest BCUT2D eigenvalue weighted by molar-refractivity contribution is 0.566. The van der Waals surface area contributed by atoms with E-state index in [9.17, 15) is 4.79 Å². The molecule has 2 aromatic rings. The maximum absolute atomic E-state index is 12.1. The highest BCUT2D eigenvalue weighted by atomic mass is 35.5. The Morgan fingerprint density at radius 3 is 3.10 bits per heavy atom. The molecule has 0 aliphatic carbocycles. The molecule has 1 aromatic heterocycles. The minimum absolute atomic E-state index is 0.141. The maximum Gasteiger partial charge on any atom is 0.260 e. The van der Waals surface area contributed by atoms with Crippen LogP contribution in [0.1, 0.15) is 13.3 Å². The van der Waals surface area contributed by atoms with Crippen LogP contribution in [0.25, 0.3) is 10.9 Å². The Hall–Kier alpha value is -1.59. The molecule has 1 aliphatic heterocycles. The smallest absolute Gasteiger partial charge is 0.260 e. The molecule has 3 rings (SSSR count). The topological polar surface area (TPSA) is 61.0 Å². The second kappa shape index (κ2) is 5.42. The SMILES string of the molecule is CC1CCN(c2nc3ccc(Cl)cc3c(=O)[nH]2)CCN1. The van der Waals surface area contributed by atoms with Crippen molar-refractivity contribution in [1.82, 2.24) is 15.3 Å². The largest absolute Gasteiger partial charge is 0.341 e. The molecule has 1 atom stereocenters. The number of benzene rings is 1. The first-order valence-corrected chi connectivity index (χ1v) is 7.19. The van der Waals surface area contributed by atoms with Crippen LogP contribution in [0.3, 0.4) is 0 Å². The average Bonchev–Trinajstić information content (AvgIpc) is 2.64. The van der Waals surface area contributed by atoms with Crippen LogP contribution in [-0.4, -0.2) is 35.6 Å². The van der Waals surface area contributed by atoms with Crippen LogP contribution in [0.4, 0.5) is 5.95 Å². The fourth-order valence-corrected chi connectivity index (χ4v) is 2.64. The number of halogens is 1. The zero-order chi connectivity index (χ0) is 14.1. The highest BCUT2D eigenvalue weighted by Gasteiger charge is 2.16. The summed E-state index contributed by atoms with van der Waals surface area (Å²) in [5, 5.41) is 4.50. The minimum atomic E-state index is -0.141. The maximum atomic E-state index is 12.1. The Morgan fingerprint density at radius 2 is 2.25 bits per heavy atom. The van der Waals surface area contributed by atoms with E-state index in [-0.39, 0.29) is 5.56 Å². The van der Waals surface area contributed by atoms with Crippen molar-refractivity contribution in [3.05, 3.63) is 33.6 Å². The number of rotatable bonds is 1. The first-order valence-electron chi connectivity index (χ1n) is 6.81. The van der Waals surface area contributed by atoms with Gasteiger partial charge in [0, 0.05) is 30.7 Å². The fourth-order valence-electron chi connectivity index (χ4n) is 2.47. The summed E-state index contributed by atoms with van der Waals surface area (Å²) in [7, 11) is 0. The molecule has 0 radical (unpaired) electrons. The highest BCUT2D eigenvalue weighted by molar-refractivity contribution is 6.31. The Labute approximate surface area is 122 Å². The fraction of sp³-hybridized carbons (Fsp3) is 0.429. The molecule has 1 saturated heterocycles. The highest BCUT2D eigenvalue weighted by Crippen LogP contribution is 2.17. The van der Waals surface area contributed by atoms with Gasteiger partial charge >= 0.3 is 0 Å². The Balaban J connectivity index is 2.00. The van der Waals surface area contributed by atoms with Crippen molar-refractivity contribution in [2.24, 2.45) is 0 Å². The Kier molecular flexibility index (Phi) is 3.63. The van der Waals surface area contributed by atoms with Gasteiger partial charge in [-0.05, 0) is 31.5 Å². The quantitative estimate of drug-likeness (QED) is 0.841. The molecular weight excluding hydrogens is 276 g/mol. The van der Waals surface area contributed by atoms with Gasteiger partial charge in [0.25, 0.3) is 5.56 Å². The van der Waals surface area contributed by atoms with Crippen LogP contribution < -0.4 is 15.8 Å². The van der Waals surface area contributed by atoms with Crippen LogP contribution in [-0.2, 0) is 0 Å². The van der Waals surface area contributed by atoms with Crippen molar-refractivity contribution in [3.8, 4) is 0 Å². The van der Waals surface area contributed by atoms with Crippen molar-refractivity contribution in [3.63, 3.8) is 0 Å². The molecule has 2 heterocycles. The number of hydrogen-bond donors (Lipinski definition) is 2. The van der Waals surface area contributed by atoms with Gasteiger partial charge in [0.1, 0.15) is 0 Å². The van der Waals surface area contributed by atoms with Gasteiger partial charge in [-0.1, -0.05) is 11.6 Å². The van der Waals surface area contributed by atoms with Gasteiger partial charge in [-0.3, -0.25) is 9.78 Å². The van der Waals surface area contributed by atoms with Crippen molar-refractivity contribution >= 4 is 28.5 Å². The summed E-state index contributed by atoms with van der Waals surface area (Å²) < 4.78 is 0. The third-order valence-corrected chi connectivity index (χ3v) is 3.90. The van der Waals surface area contributed by atoms with E-state index in [1.54, 1.807) is 18.2 Å². The number of aromatic amines is 1. The van der Waals surface area contributed by atoms with Crippen LogP contribution in [0.5, 0.6) is 0 Å². The van der Waals surface area contributed by atoms with Gasteiger partial charge in [-0.15, -0.1) is 0 Å². The molecular formula is C14H17ClN4O. The van der Waals surface area contributed by atoms with Crippen molar-refractivity contribution in [2.75, 3.05) is 24.5 Å². The van der Waals surface area contributed by atoms with Crippen LogP contribution in [0, 0.1) is 0 Å². The third kappa shape index (κ3) is 2.64. The van der Waals surface area contributed by atoms with E-state index in [1.807, 2.05) is 0 Å². The van der Waals surface area contributed by atoms with Crippen LogP contribution in [0.15, 0.2) is 23.0 Å². The van der Waals surface area contributed by atoms with E-state index < -0.39 is 0 Å². The summed E-state index contributed by atoms with van der Waals surface area (Å²) in [5.41, 5.74) is 0.538. The lowest BCUT2D eigenvalue weighted by atomic mass is 10.2. The molecule has 2 N–H and O–H groups in total. The minimum Gasteiger partial charge on any atom is -0.341 e. The second-order valence-corrected chi connectivity index (χ2v) is 5.62.